The molecule has 0 amide bonds. The summed E-state index contributed by atoms with van der Waals surface area (Å²) < 4.78 is 21.3. The zero-order chi connectivity index (χ0) is 9.61. The van der Waals surface area contributed by atoms with Crippen LogP contribution in [0.15, 0.2) is 4.99 Å². The lowest BCUT2D eigenvalue weighted by Crippen LogP contribution is -2.31. The van der Waals surface area contributed by atoms with E-state index in [1.54, 1.807) is 0 Å². The molecule has 0 aromatic heterocycles. The number of guanidine groups is 1. The average molecular weight is 193 g/mol. The maximum Gasteiger partial charge on any atom is 0.188 e. The largest absolute Gasteiger partial charge is 0.370 e. The summed E-state index contributed by atoms with van der Waals surface area (Å²) in [5, 5.41) is 2.76. The van der Waals surface area contributed by atoms with Crippen LogP contribution in [-0.2, 0) is 9.84 Å². The Morgan fingerprint density at radius 1 is 1.58 bits per heavy atom. The number of rotatable bonds is 4. The molecule has 0 aliphatic rings. The highest BCUT2D eigenvalue weighted by molar-refractivity contribution is 7.90. The molecule has 0 rings (SSSR count). The first-order chi connectivity index (χ1) is 5.45. The molecule has 0 aromatic carbocycles. The molecule has 6 heteroatoms. The molecule has 0 spiro atoms. The van der Waals surface area contributed by atoms with Gasteiger partial charge >= 0.3 is 0 Å². The predicted octanol–water partition coefficient (Wildman–Crippen LogP) is -1.04. The molecule has 0 saturated carbocycles. The SMILES string of the molecule is CCNC(N)=NCCS(C)(=O)=O. The molecule has 0 aromatic rings. The second-order valence-corrected chi connectivity index (χ2v) is 4.69. The minimum Gasteiger partial charge on any atom is -0.370 e. The Kier molecular flexibility index (Phi) is 4.65. The first-order valence-corrected chi connectivity index (χ1v) is 5.73. The van der Waals surface area contributed by atoms with Crippen LogP contribution in [0.3, 0.4) is 0 Å². The van der Waals surface area contributed by atoms with Gasteiger partial charge in [0.05, 0.1) is 12.3 Å². The molecular formula is C6H15N3O2S. The highest BCUT2D eigenvalue weighted by atomic mass is 32.2. The molecule has 0 radical (unpaired) electrons. The fourth-order valence-electron chi connectivity index (χ4n) is 0.569. The number of sulfone groups is 1. The van der Waals surface area contributed by atoms with Gasteiger partial charge in [0.2, 0.25) is 0 Å². The second kappa shape index (κ2) is 4.97. The fraction of sp³-hybridized carbons (Fsp3) is 0.833. The van der Waals surface area contributed by atoms with Gasteiger partial charge in [-0.2, -0.15) is 0 Å². The van der Waals surface area contributed by atoms with Crippen LogP contribution in [0.1, 0.15) is 6.92 Å². The highest BCUT2D eigenvalue weighted by Gasteiger charge is 1.99. The summed E-state index contributed by atoms with van der Waals surface area (Å²) >= 11 is 0. The normalized spacial score (nSPS) is 13.0. The quantitative estimate of drug-likeness (QED) is 0.441. The van der Waals surface area contributed by atoms with Crippen LogP contribution >= 0.6 is 0 Å². The fourth-order valence-corrected chi connectivity index (χ4v) is 0.992. The van der Waals surface area contributed by atoms with Crippen molar-refractivity contribution in [3.8, 4) is 0 Å². The lowest BCUT2D eigenvalue weighted by Gasteiger charge is -2.00. The van der Waals surface area contributed by atoms with Crippen molar-refractivity contribution in [2.45, 2.75) is 6.92 Å². The number of nitrogens with one attached hydrogen (secondary N) is 1. The van der Waals surface area contributed by atoms with E-state index in [0.29, 0.717) is 12.5 Å². The lowest BCUT2D eigenvalue weighted by molar-refractivity contribution is 0.601. The summed E-state index contributed by atoms with van der Waals surface area (Å²) in [6.45, 7) is 2.80. The van der Waals surface area contributed by atoms with Crippen molar-refractivity contribution in [3.63, 3.8) is 0 Å². The van der Waals surface area contributed by atoms with Crippen LogP contribution < -0.4 is 11.1 Å². The van der Waals surface area contributed by atoms with Gasteiger partial charge in [-0.15, -0.1) is 0 Å². The zero-order valence-electron chi connectivity index (χ0n) is 7.37. The standard InChI is InChI=1S/C6H15N3O2S/c1-3-8-6(7)9-4-5-12(2,10)11/h3-5H2,1-2H3,(H3,7,8,9). The average Bonchev–Trinajstić information content (AvgIpc) is 1.84. The zero-order valence-corrected chi connectivity index (χ0v) is 8.19. The molecule has 0 aliphatic heterocycles. The Balaban J connectivity index is 3.75. The minimum atomic E-state index is -2.93. The summed E-state index contributed by atoms with van der Waals surface area (Å²) in [6, 6.07) is 0. The molecule has 0 saturated heterocycles. The van der Waals surface area contributed by atoms with E-state index in [-0.39, 0.29) is 12.3 Å². The minimum absolute atomic E-state index is 0.0408. The van der Waals surface area contributed by atoms with E-state index >= 15 is 0 Å². The Bertz CT molecular complexity index is 246. The van der Waals surface area contributed by atoms with Crippen molar-refractivity contribution in [3.05, 3.63) is 0 Å². The molecule has 3 N–H and O–H groups in total. The van der Waals surface area contributed by atoms with Gasteiger partial charge in [0.15, 0.2) is 5.96 Å². The number of hydrogen-bond donors (Lipinski definition) is 2. The van der Waals surface area contributed by atoms with E-state index in [2.05, 4.69) is 10.3 Å². The van der Waals surface area contributed by atoms with Gasteiger partial charge in [0, 0.05) is 12.8 Å². The summed E-state index contributed by atoms with van der Waals surface area (Å²) in [4.78, 5) is 3.80. The second-order valence-electron chi connectivity index (χ2n) is 2.43. The molecule has 0 unspecified atom stereocenters. The Morgan fingerprint density at radius 3 is 2.58 bits per heavy atom. The van der Waals surface area contributed by atoms with E-state index in [4.69, 9.17) is 5.73 Å². The third-order valence-electron chi connectivity index (χ3n) is 1.10. The van der Waals surface area contributed by atoms with E-state index in [1.807, 2.05) is 6.92 Å². The van der Waals surface area contributed by atoms with E-state index < -0.39 is 9.84 Å². The smallest absolute Gasteiger partial charge is 0.188 e. The van der Waals surface area contributed by atoms with Crippen molar-refractivity contribution in [1.29, 1.82) is 0 Å². The molecule has 0 heterocycles. The summed E-state index contributed by atoms with van der Waals surface area (Å²) in [5.41, 5.74) is 5.36. The van der Waals surface area contributed by atoms with Crippen molar-refractivity contribution in [2.24, 2.45) is 10.7 Å². The van der Waals surface area contributed by atoms with Gasteiger partial charge in [-0.3, -0.25) is 4.99 Å². The topological polar surface area (TPSA) is 84.5 Å². The third-order valence-corrected chi connectivity index (χ3v) is 2.03. The van der Waals surface area contributed by atoms with Gasteiger partial charge in [-0.25, -0.2) is 8.42 Å². The van der Waals surface area contributed by atoms with E-state index in [1.165, 1.54) is 6.26 Å². The molecule has 0 fully saturated rings. The van der Waals surface area contributed by atoms with Crippen LogP contribution in [0.4, 0.5) is 0 Å². The number of nitrogens with zero attached hydrogens (tertiary/aromatic N) is 1. The number of aliphatic imine (C=N–C) groups is 1. The maximum absolute atomic E-state index is 10.6. The van der Waals surface area contributed by atoms with Crippen molar-refractivity contribution < 1.29 is 8.42 Å². The van der Waals surface area contributed by atoms with Crippen LogP contribution in [0.5, 0.6) is 0 Å². The van der Waals surface area contributed by atoms with Gasteiger partial charge in [0.25, 0.3) is 0 Å². The lowest BCUT2D eigenvalue weighted by atomic mass is 10.7. The predicted molar refractivity (Wildman–Crippen MR) is 49.9 cm³/mol. The first-order valence-electron chi connectivity index (χ1n) is 3.67. The van der Waals surface area contributed by atoms with Gasteiger partial charge in [-0.1, -0.05) is 0 Å². The molecule has 0 atom stereocenters. The third kappa shape index (κ3) is 7.33. The van der Waals surface area contributed by atoms with Crippen molar-refractivity contribution in [1.82, 2.24) is 5.32 Å². The van der Waals surface area contributed by atoms with Gasteiger partial charge in [-0.05, 0) is 6.92 Å². The Morgan fingerprint density at radius 2 is 2.17 bits per heavy atom. The molecular weight excluding hydrogens is 178 g/mol. The number of nitrogens with two attached hydrogens (primary N) is 1. The molecule has 0 bridgehead atoms. The van der Waals surface area contributed by atoms with Crippen molar-refractivity contribution in [2.75, 3.05) is 25.1 Å². The van der Waals surface area contributed by atoms with Crippen LogP contribution in [0, 0.1) is 0 Å². The maximum atomic E-state index is 10.6. The van der Waals surface area contributed by atoms with E-state index in [9.17, 15) is 8.42 Å². The number of hydrogen-bond acceptors (Lipinski definition) is 3. The summed E-state index contributed by atoms with van der Waals surface area (Å²) in [5.74, 6) is 0.333. The Labute approximate surface area is 73.0 Å². The first kappa shape index (κ1) is 11.2. The molecule has 0 aliphatic carbocycles. The van der Waals surface area contributed by atoms with Gasteiger partial charge in [0.1, 0.15) is 9.84 Å². The Hall–Kier alpha value is -0.780. The molecule has 12 heavy (non-hydrogen) atoms. The highest BCUT2D eigenvalue weighted by Crippen LogP contribution is 1.82. The molecule has 5 nitrogen and oxygen atoms in total. The summed E-state index contributed by atoms with van der Waals surface area (Å²) in [6.07, 6.45) is 1.17. The van der Waals surface area contributed by atoms with Crippen LogP contribution in [0.25, 0.3) is 0 Å². The molecule has 72 valence electrons. The van der Waals surface area contributed by atoms with E-state index in [0.717, 1.165) is 0 Å². The van der Waals surface area contributed by atoms with Crippen LogP contribution in [-0.4, -0.2) is 39.5 Å². The monoisotopic (exact) mass is 193 g/mol. The van der Waals surface area contributed by atoms with Crippen LogP contribution in [0.2, 0.25) is 0 Å². The summed E-state index contributed by atoms with van der Waals surface area (Å²) in [7, 11) is -2.93. The van der Waals surface area contributed by atoms with Gasteiger partial charge < -0.3 is 11.1 Å². The van der Waals surface area contributed by atoms with Crippen molar-refractivity contribution >= 4 is 15.8 Å².